The first kappa shape index (κ1) is 19.1. The number of methoxy groups -OCH3 is 2. The standard InChI is InChI=1S/C17H28N2O4/c1-16(2,3)23-15(20)19-12-9-11(17(4,5)18-6)10-13(21-7)14(12)22-8/h9-10,18H,1-8H3,(H,19,20). The maximum absolute atomic E-state index is 12.1. The van der Waals surface area contributed by atoms with Gasteiger partial charge >= 0.3 is 6.09 Å². The molecule has 0 saturated carbocycles. The molecule has 0 aromatic heterocycles. The fourth-order valence-corrected chi connectivity index (χ4v) is 1.98. The quantitative estimate of drug-likeness (QED) is 0.867. The van der Waals surface area contributed by atoms with Crippen LogP contribution in [0.3, 0.4) is 0 Å². The summed E-state index contributed by atoms with van der Waals surface area (Å²) in [4.78, 5) is 12.1. The van der Waals surface area contributed by atoms with E-state index in [1.54, 1.807) is 7.11 Å². The fraction of sp³-hybridized carbons (Fsp3) is 0.588. The van der Waals surface area contributed by atoms with E-state index in [1.165, 1.54) is 7.11 Å². The first-order chi connectivity index (χ1) is 10.5. The number of carbonyl (C=O) groups excluding carboxylic acids is 1. The molecule has 0 unspecified atom stereocenters. The normalized spacial score (nSPS) is 11.8. The number of hydrogen-bond donors (Lipinski definition) is 2. The Kier molecular flexibility index (Phi) is 5.88. The van der Waals surface area contributed by atoms with E-state index in [0.29, 0.717) is 17.2 Å². The number of rotatable bonds is 5. The van der Waals surface area contributed by atoms with E-state index in [2.05, 4.69) is 10.6 Å². The highest BCUT2D eigenvalue weighted by molar-refractivity contribution is 5.88. The van der Waals surface area contributed by atoms with Crippen molar-refractivity contribution in [2.75, 3.05) is 26.6 Å². The van der Waals surface area contributed by atoms with Crippen LogP contribution in [0.25, 0.3) is 0 Å². The number of nitrogens with one attached hydrogen (secondary N) is 2. The molecule has 0 bridgehead atoms. The smallest absolute Gasteiger partial charge is 0.412 e. The van der Waals surface area contributed by atoms with Crippen molar-refractivity contribution < 1.29 is 19.0 Å². The lowest BCUT2D eigenvalue weighted by Crippen LogP contribution is -2.33. The van der Waals surface area contributed by atoms with E-state index < -0.39 is 11.7 Å². The molecule has 0 aliphatic heterocycles. The second kappa shape index (κ2) is 7.08. The number of carbonyl (C=O) groups is 1. The van der Waals surface area contributed by atoms with Gasteiger partial charge in [0.2, 0.25) is 0 Å². The van der Waals surface area contributed by atoms with Gasteiger partial charge in [-0.25, -0.2) is 4.79 Å². The molecule has 6 heteroatoms. The first-order valence-corrected chi connectivity index (χ1v) is 7.49. The monoisotopic (exact) mass is 324 g/mol. The summed E-state index contributed by atoms with van der Waals surface area (Å²) >= 11 is 0. The number of hydrogen-bond acceptors (Lipinski definition) is 5. The zero-order valence-corrected chi connectivity index (χ0v) is 15.3. The predicted octanol–water partition coefficient (Wildman–Crippen LogP) is 3.51. The summed E-state index contributed by atoms with van der Waals surface area (Å²) in [5, 5.41) is 5.96. The zero-order chi connectivity index (χ0) is 17.8. The van der Waals surface area contributed by atoms with Crippen molar-refractivity contribution in [3.63, 3.8) is 0 Å². The Hall–Kier alpha value is -1.95. The summed E-state index contributed by atoms with van der Waals surface area (Å²) in [5.74, 6) is 0.994. The lowest BCUT2D eigenvalue weighted by atomic mass is 9.93. The van der Waals surface area contributed by atoms with Gasteiger partial charge in [0, 0.05) is 5.54 Å². The molecule has 0 heterocycles. The Balaban J connectivity index is 3.28. The largest absolute Gasteiger partial charge is 0.493 e. The molecule has 0 aliphatic rings. The molecule has 1 aromatic rings. The summed E-state index contributed by atoms with van der Waals surface area (Å²) < 4.78 is 16.1. The lowest BCUT2D eigenvalue weighted by molar-refractivity contribution is 0.0635. The van der Waals surface area contributed by atoms with Crippen molar-refractivity contribution in [3.8, 4) is 11.5 Å². The first-order valence-electron chi connectivity index (χ1n) is 7.49. The molecular weight excluding hydrogens is 296 g/mol. The van der Waals surface area contributed by atoms with Gasteiger partial charge in [-0.1, -0.05) is 0 Å². The van der Waals surface area contributed by atoms with Crippen molar-refractivity contribution in [3.05, 3.63) is 17.7 Å². The number of anilines is 1. The van der Waals surface area contributed by atoms with Gasteiger partial charge in [-0.3, -0.25) is 5.32 Å². The van der Waals surface area contributed by atoms with Gasteiger partial charge in [-0.05, 0) is 59.4 Å². The minimum absolute atomic E-state index is 0.302. The third-order valence-electron chi connectivity index (χ3n) is 3.46. The highest BCUT2D eigenvalue weighted by Crippen LogP contribution is 2.39. The van der Waals surface area contributed by atoms with E-state index in [1.807, 2.05) is 53.8 Å². The molecule has 0 aliphatic carbocycles. The fourth-order valence-electron chi connectivity index (χ4n) is 1.98. The number of amides is 1. The molecule has 6 nitrogen and oxygen atoms in total. The summed E-state index contributed by atoms with van der Waals surface area (Å²) in [6, 6.07) is 3.73. The van der Waals surface area contributed by atoms with Crippen LogP contribution in [0.1, 0.15) is 40.2 Å². The van der Waals surface area contributed by atoms with Gasteiger partial charge in [-0.2, -0.15) is 0 Å². The Bertz CT molecular complexity index is 562. The molecule has 0 saturated heterocycles. The molecule has 130 valence electrons. The van der Waals surface area contributed by atoms with Crippen LogP contribution in [0, 0.1) is 0 Å². The number of ether oxygens (including phenoxy) is 3. The summed E-state index contributed by atoms with van der Waals surface area (Å²) in [6.07, 6.45) is -0.544. The molecule has 23 heavy (non-hydrogen) atoms. The van der Waals surface area contributed by atoms with Crippen LogP contribution in [0.5, 0.6) is 11.5 Å². The van der Waals surface area contributed by atoms with Gasteiger partial charge in [0.25, 0.3) is 0 Å². The lowest BCUT2D eigenvalue weighted by Gasteiger charge is -2.27. The molecule has 0 radical (unpaired) electrons. The highest BCUT2D eigenvalue weighted by atomic mass is 16.6. The van der Waals surface area contributed by atoms with Gasteiger partial charge < -0.3 is 19.5 Å². The van der Waals surface area contributed by atoms with Crippen molar-refractivity contribution in [1.82, 2.24) is 5.32 Å². The van der Waals surface area contributed by atoms with Crippen LogP contribution in [0.15, 0.2) is 12.1 Å². The van der Waals surface area contributed by atoms with Crippen molar-refractivity contribution >= 4 is 11.8 Å². The van der Waals surface area contributed by atoms with Crippen molar-refractivity contribution in [2.24, 2.45) is 0 Å². The zero-order valence-electron chi connectivity index (χ0n) is 15.3. The Morgan fingerprint density at radius 1 is 1.04 bits per heavy atom. The predicted molar refractivity (Wildman–Crippen MR) is 91.5 cm³/mol. The van der Waals surface area contributed by atoms with Crippen LogP contribution < -0.4 is 20.1 Å². The van der Waals surface area contributed by atoms with Crippen LogP contribution in [0.2, 0.25) is 0 Å². The third kappa shape index (κ3) is 5.03. The van der Waals surface area contributed by atoms with Gasteiger partial charge in [0.15, 0.2) is 11.5 Å². The highest BCUT2D eigenvalue weighted by Gasteiger charge is 2.24. The molecule has 2 N–H and O–H groups in total. The Morgan fingerprint density at radius 2 is 1.65 bits per heavy atom. The average Bonchev–Trinajstić information content (AvgIpc) is 2.44. The van der Waals surface area contributed by atoms with E-state index in [0.717, 1.165) is 5.56 Å². The molecule has 1 rings (SSSR count). The third-order valence-corrected chi connectivity index (χ3v) is 3.46. The van der Waals surface area contributed by atoms with E-state index in [9.17, 15) is 4.79 Å². The Morgan fingerprint density at radius 3 is 2.09 bits per heavy atom. The molecule has 0 atom stereocenters. The van der Waals surface area contributed by atoms with E-state index >= 15 is 0 Å². The molecule has 1 aromatic carbocycles. The van der Waals surface area contributed by atoms with Gasteiger partial charge in [0.1, 0.15) is 5.60 Å². The maximum Gasteiger partial charge on any atom is 0.412 e. The van der Waals surface area contributed by atoms with Crippen molar-refractivity contribution in [1.29, 1.82) is 0 Å². The second-order valence-corrected chi connectivity index (χ2v) is 6.76. The second-order valence-electron chi connectivity index (χ2n) is 6.76. The molecule has 0 spiro atoms. The molecule has 0 fully saturated rings. The van der Waals surface area contributed by atoms with Crippen LogP contribution in [-0.2, 0) is 10.3 Å². The Labute approximate surface area is 138 Å². The summed E-state index contributed by atoms with van der Waals surface area (Å²) in [7, 11) is 4.96. The van der Waals surface area contributed by atoms with Gasteiger partial charge in [-0.15, -0.1) is 0 Å². The van der Waals surface area contributed by atoms with Crippen LogP contribution in [-0.4, -0.2) is 33.0 Å². The maximum atomic E-state index is 12.1. The summed E-state index contributed by atoms with van der Waals surface area (Å²) in [5.41, 5.74) is 0.566. The SMILES string of the molecule is CNC(C)(C)c1cc(NC(=O)OC(C)(C)C)c(OC)c(OC)c1. The van der Waals surface area contributed by atoms with Crippen molar-refractivity contribution in [2.45, 2.75) is 45.8 Å². The summed E-state index contributed by atoms with van der Waals surface area (Å²) in [6.45, 7) is 9.50. The molecule has 1 amide bonds. The van der Waals surface area contributed by atoms with E-state index in [4.69, 9.17) is 14.2 Å². The van der Waals surface area contributed by atoms with Gasteiger partial charge in [0.05, 0.1) is 19.9 Å². The van der Waals surface area contributed by atoms with E-state index in [-0.39, 0.29) is 5.54 Å². The topological polar surface area (TPSA) is 68.8 Å². The van der Waals surface area contributed by atoms with Crippen LogP contribution in [0.4, 0.5) is 10.5 Å². The number of benzene rings is 1. The molecular formula is C17H28N2O4. The van der Waals surface area contributed by atoms with Crippen LogP contribution >= 0.6 is 0 Å². The minimum Gasteiger partial charge on any atom is -0.493 e. The average molecular weight is 324 g/mol. The minimum atomic E-state index is -0.580.